The summed E-state index contributed by atoms with van der Waals surface area (Å²) in [4.78, 5) is 24.4. The van der Waals surface area contributed by atoms with Crippen molar-refractivity contribution in [1.82, 2.24) is 10.6 Å². The first-order valence-corrected chi connectivity index (χ1v) is 19.6. The second kappa shape index (κ2) is 22.0. The van der Waals surface area contributed by atoms with E-state index in [0.29, 0.717) is 0 Å². The first kappa shape index (κ1) is 51.0. The van der Waals surface area contributed by atoms with E-state index in [9.17, 15) is 86.2 Å². The molecule has 5 fully saturated rings. The summed E-state index contributed by atoms with van der Waals surface area (Å²) in [5, 5.41) is 163. The number of nitrogens with one attached hydrogen (secondary N) is 2. The van der Waals surface area contributed by atoms with E-state index in [-0.39, 0.29) is 0 Å². The highest BCUT2D eigenvalue weighted by atomic mass is 16.8. The molecule has 0 radical (unpaired) electrons. The van der Waals surface area contributed by atoms with Crippen molar-refractivity contribution >= 4 is 11.8 Å². The predicted molar refractivity (Wildman–Crippen MR) is 190 cm³/mol. The van der Waals surface area contributed by atoms with Gasteiger partial charge in [0.25, 0.3) is 0 Å². The molecular weight excluding hydrogens is 852 g/mol. The Balaban J connectivity index is 1.37. The molecule has 28 heteroatoms. The van der Waals surface area contributed by atoms with Crippen LogP contribution in [0.25, 0.3) is 0 Å². The summed E-state index contributed by atoms with van der Waals surface area (Å²) in [7, 11) is 0. The van der Waals surface area contributed by atoms with Gasteiger partial charge in [-0.05, 0) is 0 Å². The monoisotopic (exact) mass is 910 g/mol. The smallest absolute Gasteiger partial charge is 0.217 e. The molecule has 0 aromatic rings. The zero-order valence-electron chi connectivity index (χ0n) is 33.2. The number of amides is 2. The van der Waals surface area contributed by atoms with Crippen molar-refractivity contribution in [2.24, 2.45) is 0 Å². The third kappa shape index (κ3) is 10.8. The van der Waals surface area contributed by atoms with Gasteiger partial charge in [0.1, 0.15) is 122 Å². The van der Waals surface area contributed by atoms with Crippen molar-refractivity contribution < 1.29 is 129 Å². The fourth-order valence-electron chi connectivity index (χ4n) is 7.83. The zero-order chi connectivity index (χ0) is 45.9. The van der Waals surface area contributed by atoms with Gasteiger partial charge in [-0.15, -0.1) is 0 Å². The molecule has 0 aromatic carbocycles. The van der Waals surface area contributed by atoms with Crippen molar-refractivity contribution in [2.75, 3.05) is 33.0 Å². The van der Waals surface area contributed by atoms with Crippen molar-refractivity contribution in [3.8, 4) is 0 Å². The number of aliphatic hydroxyl groups excluding tert-OH is 15. The molecule has 62 heavy (non-hydrogen) atoms. The number of carbonyl (C=O) groups is 2. The summed E-state index contributed by atoms with van der Waals surface area (Å²) in [5.41, 5.74) is 0. The Morgan fingerprint density at radius 2 is 0.726 bits per heavy atom. The van der Waals surface area contributed by atoms with Crippen LogP contribution in [0, 0.1) is 0 Å². The minimum Gasteiger partial charge on any atom is -0.394 e. The Hall–Kier alpha value is -2.02. The zero-order valence-corrected chi connectivity index (χ0v) is 33.2. The van der Waals surface area contributed by atoms with Crippen molar-refractivity contribution in [1.29, 1.82) is 0 Å². The van der Waals surface area contributed by atoms with Crippen molar-refractivity contribution in [3.63, 3.8) is 0 Å². The summed E-state index contributed by atoms with van der Waals surface area (Å²) in [6.07, 6.45) is -42.2. The molecule has 0 saturated carbocycles. The lowest BCUT2D eigenvalue weighted by atomic mass is 9.94. The van der Waals surface area contributed by atoms with Gasteiger partial charge in [-0.3, -0.25) is 9.59 Å². The van der Waals surface area contributed by atoms with Crippen LogP contribution in [-0.2, 0) is 52.2 Å². The van der Waals surface area contributed by atoms with Gasteiger partial charge in [0.15, 0.2) is 31.5 Å². The highest BCUT2D eigenvalue weighted by Gasteiger charge is 2.57. The summed E-state index contributed by atoms with van der Waals surface area (Å²) >= 11 is 0. The number of hydrogen-bond donors (Lipinski definition) is 17. The molecule has 5 saturated heterocycles. The van der Waals surface area contributed by atoms with E-state index in [4.69, 9.17) is 42.6 Å². The van der Waals surface area contributed by atoms with Crippen LogP contribution in [0.3, 0.4) is 0 Å². The van der Waals surface area contributed by atoms with E-state index in [1.807, 2.05) is 0 Å². The Bertz CT molecular complexity index is 1440. The van der Waals surface area contributed by atoms with Gasteiger partial charge in [-0.2, -0.15) is 0 Å². The standard InChI is InChI=1S/C34H58N2O26/c1-8(42)35-15-20(47)17(44)10(3-37)55-31(15)61-28-18(45)11(4-38)56-33(24(28)51)59-26-14(7-41)58-32(16(21(26)48)36-9(2)43)62-29-19(46)12(5-39)57-34(25(29)52)60-27-13(6-40)54-30(53)23(50)22(27)49/h10-34,37-41,44-53H,3-7H2,1-2H3,(H,35,42)(H,36,43)/t10-,11-,12-,13-,14-,15-,16-,17-,18+,19+,20-,21-,22-,23-,24-,25-,26-,27-,28-,29+,30+,31-,32+,33+,34+/m1/s1. The number of aliphatic hydroxyl groups is 15. The van der Waals surface area contributed by atoms with E-state index < -0.39 is 198 Å². The number of hydrogen-bond acceptors (Lipinski definition) is 26. The molecule has 5 rings (SSSR count). The Morgan fingerprint density at radius 1 is 0.387 bits per heavy atom. The maximum absolute atomic E-state index is 12.5. The molecule has 0 spiro atoms. The second-order valence-corrected chi connectivity index (χ2v) is 15.4. The van der Waals surface area contributed by atoms with Gasteiger partial charge in [-0.1, -0.05) is 0 Å². The molecule has 28 nitrogen and oxygen atoms in total. The first-order valence-electron chi connectivity index (χ1n) is 19.6. The van der Waals surface area contributed by atoms with Gasteiger partial charge < -0.3 is 130 Å². The normalized spacial score (nSPS) is 49.0. The van der Waals surface area contributed by atoms with Crippen LogP contribution in [0.1, 0.15) is 13.8 Å². The third-order valence-electron chi connectivity index (χ3n) is 11.1. The largest absolute Gasteiger partial charge is 0.394 e. The average molecular weight is 911 g/mol. The van der Waals surface area contributed by atoms with Gasteiger partial charge in [-0.25, -0.2) is 0 Å². The summed E-state index contributed by atoms with van der Waals surface area (Å²) in [5.74, 6) is -1.55. The van der Waals surface area contributed by atoms with E-state index in [0.717, 1.165) is 13.8 Å². The van der Waals surface area contributed by atoms with Crippen LogP contribution in [0.5, 0.6) is 0 Å². The molecule has 0 aromatic heterocycles. The third-order valence-corrected chi connectivity index (χ3v) is 11.1. The van der Waals surface area contributed by atoms with Crippen LogP contribution >= 0.6 is 0 Å². The first-order chi connectivity index (χ1) is 29.3. The summed E-state index contributed by atoms with van der Waals surface area (Å²) in [6.45, 7) is -2.53. The average Bonchev–Trinajstić information content (AvgIpc) is 3.23. The number of rotatable bonds is 15. The van der Waals surface area contributed by atoms with E-state index >= 15 is 0 Å². The Morgan fingerprint density at radius 3 is 1.15 bits per heavy atom. The van der Waals surface area contributed by atoms with E-state index in [1.54, 1.807) is 0 Å². The molecule has 25 atom stereocenters. The van der Waals surface area contributed by atoms with Crippen LogP contribution in [0.2, 0.25) is 0 Å². The highest BCUT2D eigenvalue weighted by molar-refractivity contribution is 5.73. The van der Waals surface area contributed by atoms with Crippen LogP contribution in [-0.4, -0.2) is 275 Å². The maximum Gasteiger partial charge on any atom is 0.217 e. The van der Waals surface area contributed by atoms with E-state index in [1.165, 1.54) is 0 Å². The van der Waals surface area contributed by atoms with Gasteiger partial charge in [0, 0.05) is 13.8 Å². The molecule has 5 aliphatic heterocycles. The number of carbonyl (C=O) groups excluding carboxylic acids is 2. The Labute approximate surface area is 351 Å². The summed E-state index contributed by atoms with van der Waals surface area (Å²) in [6, 6.07) is -3.28. The minimum atomic E-state index is -2.10. The van der Waals surface area contributed by atoms with Gasteiger partial charge in [0.05, 0.1) is 33.0 Å². The highest BCUT2D eigenvalue weighted by Crippen LogP contribution is 2.35. The van der Waals surface area contributed by atoms with Gasteiger partial charge >= 0.3 is 0 Å². The van der Waals surface area contributed by atoms with Crippen molar-refractivity contribution in [3.05, 3.63) is 0 Å². The van der Waals surface area contributed by atoms with E-state index in [2.05, 4.69) is 10.6 Å². The lowest BCUT2D eigenvalue weighted by molar-refractivity contribution is -0.384. The topological polar surface area (TPSA) is 445 Å². The summed E-state index contributed by atoms with van der Waals surface area (Å²) < 4.78 is 50.7. The minimum absolute atomic E-state index is 0.726. The molecule has 5 aliphatic rings. The molecule has 0 aliphatic carbocycles. The van der Waals surface area contributed by atoms with Crippen LogP contribution in [0.4, 0.5) is 0 Å². The second-order valence-electron chi connectivity index (χ2n) is 15.4. The van der Waals surface area contributed by atoms with Crippen molar-refractivity contribution in [2.45, 2.75) is 167 Å². The molecular formula is C34H58N2O26. The van der Waals surface area contributed by atoms with Gasteiger partial charge in [0.2, 0.25) is 11.8 Å². The predicted octanol–water partition coefficient (Wildman–Crippen LogP) is -11.6. The fourth-order valence-corrected chi connectivity index (χ4v) is 7.83. The number of ether oxygens (including phenoxy) is 9. The maximum atomic E-state index is 12.5. The molecule has 17 N–H and O–H groups in total. The SMILES string of the molecule is CC(=O)N[C@H]1[C@H](O[C@H]2[C@@H](O)[C@@H](CO)O[C@@H](O[C@H]3[C@H](O)[C@@H](O)[C@@H](O)O[C@@H]3CO)[C@@H]2O)O[C@H](CO)[C@@H](O[C@@H]2O[C@H](CO)[C@H](O)[C@@H](O[C@H]3O[C@H](CO)[C@@H](O)[C@H](O)[C@H]3NC(C)=O)[C@H]2O)[C@@H]1O. The lowest BCUT2D eigenvalue weighted by Crippen LogP contribution is -2.70. The molecule has 2 amide bonds. The quantitative estimate of drug-likeness (QED) is 0.0725. The molecule has 360 valence electrons. The lowest BCUT2D eigenvalue weighted by Gasteiger charge is -2.50. The molecule has 0 bridgehead atoms. The Kier molecular flexibility index (Phi) is 18.1. The van der Waals surface area contributed by atoms with Crippen LogP contribution in [0.15, 0.2) is 0 Å². The van der Waals surface area contributed by atoms with Crippen LogP contribution < -0.4 is 10.6 Å². The molecule has 5 heterocycles. The molecule has 0 unspecified atom stereocenters. The fraction of sp³-hybridized carbons (Fsp3) is 0.941.